The summed E-state index contributed by atoms with van der Waals surface area (Å²) in [5.74, 6) is 0. The van der Waals surface area contributed by atoms with Crippen LogP contribution < -0.4 is 0 Å². The third kappa shape index (κ3) is 2.83. The van der Waals surface area contributed by atoms with Crippen LogP contribution in [-0.2, 0) is 0 Å². The first kappa shape index (κ1) is 12.3. The minimum absolute atomic E-state index is 0.690. The molecule has 0 unspecified atom stereocenters. The highest BCUT2D eigenvalue weighted by Crippen LogP contribution is 2.29. The lowest BCUT2D eigenvalue weighted by Gasteiger charge is -1.94. The summed E-state index contributed by atoms with van der Waals surface area (Å²) < 4.78 is 1.13. The quantitative estimate of drug-likeness (QED) is 0.475. The standard InChI is InChI=1S/C14H11N3S2/c1-18-11-8-6-10(7-9-11)16-17-14-15-12-4-2-3-5-13(12)19-14/h2-9H,1H3. The highest BCUT2D eigenvalue weighted by molar-refractivity contribution is 7.98. The van der Waals surface area contributed by atoms with Crippen LogP contribution in [-0.4, -0.2) is 11.2 Å². The van der Waals surface area contributed by atoms with Gasteiger partial charge in [0.1, 0.15) is 0 Å². The summed E-state index contributed by atoms with van der Waals surface area (Å²) in [5, 5.41) is 9.10. The fraction of sp³-hybridized carbons (Fsp3) is 0.0714. The number of rotatable bonds is 3. The summed E-state index contributed by atoms with van der Waals surface area (Å²) in [5.41, 5.74) is 1.82. The fourth-order valence-corrected chi connectivity index (χ4v) is 2.85. The van der Waals surface area contributed by atoms with Gasteiger partial charge in [-0.15, -0.1) is 22.0 Å². The topological polar surface area (TPSA) is 37.6 Å². The van der Waals surface area contributed by atoms with Gasteiger partial charge in [0.2, 0.25) is 5.13 Å². The molecule has 3 nitrogen and oxygen atoms in total. The van der Waals surface area contributed by atoms with Crippen molar-refractivity contribution in [2.75, 3.05) is 6.26 Å². The van der Waals surface area contributed by atoms with Crippen molar-refractivity contribution in [2.24, 2.45) is 10.2 Å². The van der Waals surface area contributed by atoms with Gasteiger partial charge in [-0.1, -0.05) is 23.5 Å². The summed E-state index contributed by atoms with van der Waals surface area (Å²) in [7, 11) is 0. The van der Waals surface area contributed by atoms with Crippen molar-refractivity contribution < 1.29 is 0 Å². The van der Waals surface area contributed by atoms with Gasteiger partial charge < -0.3 is 0 Å². The van der Waals surface area contributed by atoms with E-state index in [9.17, 15) is 0 Å². The summed E-state index contributed by atoms with van der Waals surface area (Å²) in [4.78, 5) is 5.64. The van der Waals surface area contributed by atoms with Crippen LogP contribution in [0.1, 0.15) is 0 Å². The second kappa shape index (κ2) is 5.50. The number of benzene rings is 2. The van der Waals surface area contributed by atoms with Gasteiger partial charge in [0.15, 0.2) is 0 Å². The zero-order valence-electron chi connectivity index (χ0n) is 10.3. The van der Waals surface area contributed by atoms with Gasteiger partial charge >= 0.3 is 0 Å². The Hall–Kier alpha value is -1.72. The Morgan fingerprint density at radius 3 is 2.53 bits per heavy atom. The van der Waals surface area contributed by atoms with Gasteiger partial charge in [-0.25, -0.2) is 4.98 Å². The van der Waals surface area contributed by atoms with E-state index in [1.807, 2.05) is 48.5 Å². The molecule has 0 atom stereocenters. The first-order valence-electron chi connectivity index (χ1n) is 5.76. The molecule has 3 rings (SSSR count). The number of aromatic nitrogens is 1. The first-order chi connectivity index (χ1) is 9.35. The normalized spacial score (nSPS) is 11.4. The molecule has 1 heterocycles. The van der Waals surface area contributed by atoms with Crippen LogP contribution in [0.3, 0.4) is 0 Å². The Bertz CT molecular complexity index is 684. The van der Waals surface area contributed by atoms with Crippen LogP contribution in [0.2, 0.25) is 0 Å². The molecule has 1 aromatic heterocycles. The Morgan fingerprint density at radius 1 is 1.00 bits per heavy atom. The zero-order chi connectivity index (χ0) is 13.1. The van der Waals surface area contributed by atoms with Crippen molar-refractivity contribution >= 4 is 44.1 Å². The molecule has 19 heavy (non-hydrogen) atoms. The molecule has 0 saturated heterocycles. The lowest BCUT2D eigenvalue weighted by Crippen LogP contribution is -1.67. The number of thioether (sulfide) groups is 1. The maximum absolute atomic E-state index is 4.42. The highest BCUT2D eigenvalue weighted by Gasteiger charge is 2.01. The van der Waals surface area contributed by atoms with Crippen LogP contribution >= 0.6 is 23.1 Å². The van der Waals surface area contributed by atoms with E-state index in [2.05, 4.69) is 21.5 Å². The van der Waals surface area contributed by atoms with Gasteiger partial charge in [-0.2, -0.15) is 0 Å². The minimum Gasteiger partial charge on any atom is -0.217 e. The van der Waals surface area contributed by atoms with Crippen LogP contribution in [0.5, 0.6) is 0 Å². The molecule has 2 aromatic carbocycles. The van der Waals surface area contributed by atoms with Gasteiger partial charge in [-0.3, -0.25) is 0 Å². The average Bonchev–Trinajstić information content (AvgIpc) is 2.88. The van der Waals surface area contributed by atoms with Crippen molar-refractivity contribution in [3.05, 3.63) is 48.5 Å². The maximum atomic E-state index is 4.42. The molecule has 94 valence electrons. The Morgan fingerprint density at radius 2 is 1.79 bits per heavy atom. The minimum atomic E-state index is 0.690. The predicted octanol–water partition coefficient (Wildman–Crippen LogP) is 5.43. The lowest BCUT2D eigenvalue weighted by molar-refractivity contribution is 1.20. The number of hydrogen-bond donors (Lipinski definition) is 0. The SMILES string of the molecule is CSc1ccc(N=Nc2nc3ccccc3s2)cc1. The number of hydrogen-bond acceptors (Lipinski definition) is 5. The van der Waals surface area contributed by atoms with Crippen LogP contribution in [0.4, 0.5) is 10.8 Å². The lowest BCUT2D eigenvalue weighted by atomic mass is 10.3. The summed E-state index contributed by atoms with van der Waals surface area (Å²) in [6.45, 7) is 0. The van der Waals surface area contributed by atoms with Crippen LogP contribution in [0, 0.1) is 0 Å². The van der Waals surface area contributed by atoms with E-state index < -0.39 is 0 Å². The average molecular weight is 285 g/mol. The van der Waals surface area contributed by atoms with Crippen LogP contribution in [0.25, 0.3) is 10.2 Å². The van der Waals surface area contributed by atoms with E-state index >= 15 is 0 Å². The van der Waals surface area contributed by atoms with Crippen LogP contribution in [0.15, 0.2) is 63.7 Å². The Balaban J connectivity index is 1.84. The molecule has 0 spiro atoms. The predicted molar refractivity (Wildman–Crippen MR) is 82.0 cm³/mol. The van der Waals surface area contributed by atoms with Crippen molar-refractivity contribution in [3.63, 3.8) is 0 Å². The van der Waals surface area contributed by atoms with Gasteiger partial charge in [0.25, 0.3) is 0 Å². The summed E-state index contributed by atoms with van der Waals surface area (Å²) in [6, 6.07) is 16.0. The molecule has 0 amide bonds. The molecule has 0 saturated carbocycles. The fourth-order valence-electron chi connectivity index (χ4n) is 1.65. The maximum Gasteiger partial charge on any atom is 0.231 e. The van der Waals surface area contributed by atoms with Crippen molar-refractivity contribution in [1.29, 1.82) is 0 Å². The van der Waals surface area contributed by atoms with E-state index in [1.54, 1.807) is 23.1 Å². The monoisotopic (exact) mass is 285 g/mol. The van der Waals surface area contributed by atoms with Gasteiger partial charge in [0, 0.05) is 4.90 Å². The van der Waals surface area contributed by atoms with Gasteiger partial charge in [-0.05, 0) is 42.7 Å². The molecule has 0 radical (unpaired) electrons. The highest BCUT2D eigenvalue weighted by atomic mass is 32.2. The van der Waals surface area contributed by atoms with Crippen molar-refractivity contribution in [2.45, 2.75) is 4.90 Å². The molecule has 5 heteroatoms. The third-order valence-corrected chi connectivity index (χ3v) is 4.27. The molecule has 3 aromatic rings. The number of azo groups is 1. The van der Waals surface area contributed by atoms with E-state index in [0.717, 1.165) is 15.9 Å². The second-order valence-electron chi connectivity index (χ2n) is 3.86. The molecule has 0 N–H and O–H groups in total. The first-order valence-corrected chi connectivity index (χ1v) is 7.81. The second-order valence-corrected chi connectivity index (χ2v) is 5.75. The molecule has 0 aliphatic heterocycles. The smallest absolute Gasteiger partial charge is 0.217 e. The zero-order valence-corrected chi connectivity index (χ0v) is 11.9. The molecular weight excluding hydrogens is 274 g/mol. The largest absolute Gasteiger partial charge is 0.231 e. The molecule has 0 aliphatic carbocycles. The summed E-state index contributed by atoms with van der Waals surface area (Å²) in [6.07, 6.45) is 2.05. The molecule has 0 fully saturated rings. The van der Waals surface area contributed by atoms with E-state index in [-0.39, 0.29) is 0 Å². The van der Waals surface area contributed by atoms with E-state index in [0.29, 0.717) is 5.13 Å². The Kier molecular flexibility index (Phi) is 3.57. The third-order valence-electron chi connectivity index (χ3n) is 2.61. The van der Waals surface area contributed by atoms with Crippen molar-refractivity contribution in [3.8, 4) is 0 Å². The number of para-hydroxylation sites is 1. The number of nitrogens with zero attached hydrogens (tertiary/aromatic N) is 3. The summed E-state index contributed by atoms with van der Waals surface area (Å²) >= 11 is 3.26. The molecular formula is C14H11N3S2. The van der Waals surface area contributed by atoms with Gasteiger partial charge in [0.05, 0.1) is 15.9 Å². The molecule has 0 bridgehead atoms. The van der Waals surface area contributed by atoms with E-state index in [4.69, 9.17) is 0 Å². The number of fused-ring (bicyclic) bond motifs is 1. The number of thiazole rings is 1. The Labute approximate surface area is 119 Å². The molecule has 0 aliphatic rings. The van der Waals surface area contributed by atoms with Crippen molar-refractivity contribution in [1.82, 2.24) is 4.98 Å². The van der Waals surface area contributed by atoms with E-state index in [1.165, 1.54) is 4.90 Å².